The third-order valence-electron chi connectivity index (χ3n) is 4.46. The second kappa shape index (κ2) is 8.93. The van der Waals surface area contributed by atoms with Crippen LogP contribution in [0, 0.1) is 0 Å². The van der Waals surface area contributed by atoms with Crippen molar-refractivity contribution in [2.75, 3.05) is 19.6 Å². The summed E-state index contributed by atoms with van der Waals surface area (Å²) in [6.07, 6.45) is 5.60. The van der Waals surface area contributed by atoms with E-state index in [1.165, 1.54) is 10.4 Å². The predicted molar refractivity (Wildman–Crippen MR) is 110 cm³/mol. The zero-order valence-corrected chi connectivity index (χ0v) is 16.5. The Bertz CT molecular complexity index is 840. The number of nitrogens with one attached hydrogen (secondary N) is 1. The van der Waals surface area contributed by atoms with Crippen LogP contribution in [0.25, 0.3) is 10.6 Å². The minimum atomic E-state index is 0. The molecule has 136 valence electrons. The summed E-state index contributed by atoms with van der Waals surface area (Å²) < 4.78 is 0. The van der Waals surface area contributed by atoms with Gasteiger partial charge in [0.1, 0.15) is 5.01 Å². The van der Waals surface area contributed by atoms with Crippen LogP contribution in [0.2, 0.25) is 5.02 Å². The lowest BCUT2D eigenvalue weighted by molar-refractivity contribution is 0.155. The van der Waals surface area contributed by atoms with Crippen molar-refractivity contribution in [3.8, 4) is 10.6 Å². The van der Waals surface area contributed by atoms with Gasteiger partial charge in [0, 0.05) is 66.3 Å². The number of aromatic nitrogens is 2. The standard InChI is InChI=1S/C19H19ClN4S.ClH/c20-17-4-2-1-3-16(17)18-12-22-9-10-24(18)13-15-11-23-19(25-15)14-5-7-21-8-6-14;/h1-8,11,18,22H,9-10,12-13H2;1H. The van der Waals surface area contributed by atoms with Crippen LogP contribution in [0.3, 0.4) is 0 Å². The maximum Gasteiger partial charge on any atom is 0.123 e. The normalized spacial score (nSPS) is 17.7. The second-order valence-electron chi connectivity index (χ2n) is 6.08. The summed E-state index contributed by atoms with van der Waals surface area (Å²) in [6.45, 7) is 3.80. The smallest absolute Gasteiger partial charge is 0.123 e. The van der Waals surface area contributed by atoms with E-state index in [0.29, 0.717) is 0 Å². The van der Waals surface area contributed by atoms with Gasteiger partial charge in [-0.15, -0.1) is 23.7 Å². The van der Waals surface area contributed by atoms with Gasteiger partial charge in [-0.3, -0.25) is 9.88 Å². The van der Waals surface area contributed by atoms with E-state index < -0.39 is 0 Å². The molecular formula is C19H20Cl2N4S. The van der Waals surface area contributed by atoms with Crippen LogP contribution in [0.4, 0.5) is 0 Å². The van der Waals surface area contributed by atoms with Gasteiger partial charge in [0.15, 0.2) is 0 Å². The molecule has 7 heteroatoms. The van der Waals surface area contributed by atoms with Gasteiger partial charge >= 0.3 is 0 Å². The monoisotopic (exact) mass is 406 g/mol. The number of benzene rings is 1. The summed E-state index contributed by atoms with van der Waals surface area (Å²) >= 11 is 8.19. The van der Waals surface area contributed by atoms with Crippen molar-refractivity contribution in [3.05, 3.63) is 70.5 Å². The van der Waals surface area contributed by atoms with E-state index >= 15 is 0 Å². The molecule has 3 aromatic rings. The number of piperazine rings is 1. The fourth-order valence-corrected chi connectivity index (χ4v) is 4.40. The van der Waals surface area contributed by atoms with Crippen LogP contribution in [-0.4, -0.2) is 34.5 Å². The fourth-order valence-electron chi connectivity index (χ4n) is 3.20. The molecule has 1 unspecified atom stereocenters. The van der Waals surface area contributed by atoms with Gasteiger partial charge in [-0.1, -0.05) is 29.8 Å². The largest absolute Gasteiger partial charge is 0.314 e. The molecule has 2 aromatic heterocycles. The number of pyridine rings is 1. The molecule has 0 amide bonds. The highest BCUT2D eigenvalue weighted by Gasteiger charge is 2.25. The summed E-state index contributed by atoms with van der Waals surface area (Å²) in [7, 11) is 0. The lowest BCUT2D eigenvalue weighted by atomic mass is 10.0. The SMILES string of the molecule is Cl.Clc1ccccc1C1CNCCN1Cc1cnc(-c2ccncc2)s1. The molecule has 1 saturated heterocycles. The van der Waals surface area contributed by atoms with Gasteiger partial charge in [0.25, 0.3) is 0 Å². The molecular weight excluding hydrogens is 387 g/mol. The molecule has 0 saturated carbocycles. The fraction of sp³-hybridized carbons (Fsp3) is 0.263. The molecule has 26 heavy (non-hydrogen) atoms. The Morgan fingerprint density at radius 2 is 2.00 bits per heavy atom. The van der Waals surface area contributed by atoms with Crippen LogP contribution >= 0.6 is 35.3 Å². The Morgan fingerprint density at radius 3 is 2.81 bits per heavy atom. The van der Waals surface area contributed by atoms with E-state index in [1.54, 1.807) is 23.7 Å². The van der Waals surface area contributed by atoms with Crippen LogP contribution in [0.15, 0.2) is 55.0 Å². The van der Waals surface area contributed by atoms with E-state index in [0.717, 1.165) is 41.8 Å². The van der Waals surface area contributed by atoms with Crippen LogP contribution in [0.5, 0.6) is 0 Å². The third kappa shape index (κ3) is 4.24. The van der Waals surface area contributed by atoms with E-state index in [1.807, 2.05) is 30.5 Å². The minimum Gasteiger partial charge on any atom is -0.314 e. The highest BCUT2D eigenvalue weighted by atomic mass is 35.5. The van der Waals surface area contributed by atoms with Crippen LogP contribution < -0.4 is 5.32 Å². The molecule has 0 radical (unpaired) electrons. The molecule has 1 aromatic carbocycles. The van der Waals surface area contributed by atoms with Gasteiger partial charge in [0.05, 0.1) is 0 Å². The lowest BCUT2D eigenvalue weighted by Crippen LogP contribution is -2.45. The highest BCUT2D eigenvalue weighted by Crippen LogP contribution is 2.31. The number of thiazole rings is 1. The number of nitrogens with zero attached hydrogens (tertiary/aromatic N) is 3. The highest BCUT2D eigenvalue weighted by molar-refractivity contribution is 7.15. The van der Waals surface area contributed by atoms with Crippen molar-refractivity contribution in [2.24, 2.45) is 0 Å². The van der Waals surface area contributed by atoms with Crippen molar-refractivity contribution >= 4 is 35.3 Å². The third-order valence-corrected chi connectivity index (χ3v) is 5.83. The molecule has 0 spiro atoms. The molecule has 1 aliphatic rings. The van der Waals surface area contributed by atoms with Crippen molar-refractivity contribution in [1.29, 1.82) is 0 Å². The van der Waals surface area contributed by atoms with Gasteiger partial charge in [-0.05, 0) is 23.8 Å². The van der Waals surface area contributed by atoms with Crippen LogP contribution in [-0.2, 0) is 6.54 Å². The summed E-state index contributed by atoms with van der Waals surface area (Å²) in [5, 5.41) is 5.37. The van der Waals surface area contributed by atoms with Gasteiger partial charge in [-0.25, -0.2) is 4.98 Å². The first-order valence-electron chi connectivity index (χ1n) is 8.35. The summed E-state index contributed by atoms with van der Waals surface area (Å²) in [5.74, 6) is 0. The maximum atomic E-state index is 6.44. The van der Waals surface area contributed by atoms with Crippen LogP contribution in [0.1, 0.15) is 16.5 Å². The first-order valence-corrected chi connectivity index (χ1v) is 9.55. The molecule has 1 N–H and O–H groups in total. The number of hydrogen-bond acceptors (Lipinski definition) is 5. The molecule has 3 heterocycles. The topological polar surface area (TPSA) is 41.0 Å². The molecule has 4 nitrogen and oxygen atoms in total. The zero-order chi connectivity index (χ0) is 17.1. The van der Waals surface area contributed by atoms with E-state index in [9.17, 15) is 0 Å². The molecule has 1 atom stereocenters. The van der Waals surface area contributed by atoms with Crippen molar-refractivity contribution in [2.45, 2.75) is 12.6 Å². The van der Waals surface area contributed by atoms with E-state index in [-0.39, 0.29) is 18.4 Å². The summed E-state index contributed by atoms with van der Waals surface area (Å²) in [5.41, 5.74) is 2.31. The maximum absolute atomic E-state index is 6.44. The van der Waals surface area contributed by atoms with E-state index in [2.05, 4.69) is 32.3 Å². The first-order chi connectivity index (χ1) is 12.3. The molecule has 4 rings (SSSR count). The van der Waals surface area contributed by atoms with Crippen molar-refractivity contribution in [3.63, 3.8) is 0 Å². The Balaban J connectivity index is 0.00000196. The molecule has 1 fully saturated rings. The average molecular weight is 407 g/mol. The number of halogens is 2. The quantitative estimate of drug-likeness (QED) is 0.695. The number of rotatable bonds is 4. The van der Waals surface area contributed by atoms with Gasteiger partial charge in [-0.2, -0.15) is 0 Å². The average Bonchev–Trinajstić information content (AvgIpc) is 3.12. The lowest BCUT2D eigenvalue weighted by Gasteiger charge is -2.36. The Labute approximate surface area is 168 Å². The molecule has 1 aliphatic heterocycles. The summed E-state index contributed by atoms with van der Waals surface area (Å²) in [6, 6.07) is 12.4. The van der Waals surface area contributed by atoms with Gasteiger partial charge < -0.3 is 5.32 Å². The first kappa shape index (κ1) is 19.3. The van der Waals surface area contributed by atoms with Crippen molar-refractivity contribution in [1.82, 2.24) is 20.2 Å². The number of hydrogen-bond donors (Lipinski definition) is 1. The zero-order valence-electron chi connectivity index (χ0n) is 14.1. The Hall–Kier alpha value is -1.50. The van der Waals surface area contributed by atoms with E-state index in [4.69, 9.17) is 11.6 Å². The Kier molecular flexibility index (Phi) is 6.62. The molecule has 0 bridgehead atoms. The summed E-state index contributed by atoms with van der Waals surface area (Å²) in [4.78, 5) is 12.4. The van der Waals surface area contributed by atoms with Gasteiger partial charge in [0.2, 0.25) is 0 Å². The Morgan fingerprint density at radius 1 is 1.19 bits per heavy atom. The molecule has 0 aliphatic carbocycles. The second-order valence-corrected chi connectivity index (χ2v) is 7.60. The van der Waals surface area contributed by atoms with Crippen molar-refractivity contribution < 1.29 is 0 Å². The predicted octanol–water partition coefficient (Wildman–Crippen LogP) is 4.43. The minimum absolute atomic E-state index is 0.